The van der Waals surface area contributed by atoms with E-state index in [9.17, 15) is 9.59 Å². The molecule has 0 saturated carbocycles. The molecule has 1 aromatic carbocycles. The lowest BCUT2D eigenvalue weighted by Crippen LogP contribution is -2.34. The van der Waals surface area contributed by atoms with Crippen LogP contribution in [0.5, 0.6) is 0 Å². The summed E-state index contributed by atoms with van der Waals surface area (Å²) < 4.78 is 1.15. The summed E-state index contributed by atoms with van der Waals surface area (Å²) in [5.74, 6) is -0.271. The summed E-state index contributed by atoms with van der Waals surface area (Å²) in [6.07, 6.45) is 1.04. The van der Waals surface area contributed by atoms with Crippen LogP contribution in [0.3, 0.4) is 0 Å². The first-order chi connectivity index (χ1) is 9.66. The Balaban J connectivity index is 1.65. The molecule has 2 saturated heterocycles. The van der Waals surface area contributed by atoms with Crippen LogP contribution in [0.15, 0.2) is 24.3 Å². The molecule has 2 amide bonds. The summed E-state index contributed by atoms with van der Waals surface area (Å²) in [5.41, 5.74) is 0.454. The van der Waals surface area contributed by atoms with Crippen LogP contribution in [0.25, 0.3) is 10.2 Å². The van der Waals surface area contributed by atoms with E-state index in [1.54, 1.807) is 11.3 Å². The predicted molar refractivity (Wildman–Crippen MR) is 76.6 cm³/mol. The molecule has 1 unspecified atom stereocenters. The first-order valence-corrected chi connectivity index (χ1v) is 7.43. The van der Waals surface area contributed by atoms with Gasteiger partial charge in [0.25, 0.3) is 0 Å². The molecule has 4 rings (SSSR count). The van der Waals surface area contributed by atoms with Crippen molar-refractivity contribution in [2.45, 2.75) is 12.8 Å². The van der Waals surface area contributed by atoms with Crippen LogP contribution in [0.1, 0.15) is 12.8 Å². The third-order valence-electron chi connectivity index (χ3n) is 4.14. The van der Waals surface area contributed by atoms with Crippen LogP contribution in [-0.4, -0.2) is 29.9 Å². The zero-order chi connectivity index (χ0) is 13.7. The highest BCUT2D eigenvalue weighted by Gasteiger charge is 2.51. The van der Waals surface area contributed by atoms with Gasteiger partial charge in [0.05, 0.1) is 15.6 Å². The van der Waals surface area contributed by atoms with Crippen LogP contribution in [0.2, 0.25) is 0 Å². The number of imide groups is 1. The van der Waals surface area contributed by atoms with E-state index < -0.39 is 5.41 Å². The molecule has 1 N–H and O–H groups in total. The lowest BCUT2D eigenvalue weighted by Gasteiger charge is -2.19. The van der Waals surface area contributed by atoms with E-state index in [1.165, 1.54) is 0 Å². The summed E-state index contributed by atoms with van der Waals surface area (Å²) in [5, 5.41) is 3.37. The predicted octanol–water partition coefficient (Wildman–Crippen LogP) is 1.54. The fraction of sp³-hybridized carbons (Fsp3) is 0.357. The number of nitrogens with one attached hydrogen (secondary N) is 1. The number of anilines is 1. The van der Waals surface area contributed by atoms with Crippen LogP contribution >= 0.6 is 11.3 Å². The van der Waals surface area contributed by atoms with Crippen molar-refractivity contribution in [2.75, 3.05) is 18.0 Å². The molecule has 1 spiro atoms. The van der Waals surface area contributed by atoms with Crippen molar-refractivity contribution < 1.29 is 9.59 Å². The summed E-state index contributed by atoms with van der Waals surface area (Å²) in [6.45, 7) is 1.37. The molecule has 6 heteroatoms. The molecule has 3 heterocycles. The van der Waals surface area contributed by atoms with Gasteiger partial charge in [0, 0.05) is 19.5 Å². The molecular formula is C14H13N3O2S. The van der Waals surface area contributed by atoms with Gasteiger partial charge in [0.15, 0.2) is 5.13 Å². The van der Waals surface area contributed by atoms with Gasteiger partial charge in [0.1, 0.15) is 0 Å². The van der Waals surface area contributed by atoms with Crippen molar-refractivity contribution in [3.05, 3.63) is 24.3 Å². The van der Waals surface area contributed by atoms with Gasteiger partial charge in [-0.15, -0.1) is 0 Å². The molecule has 0 aliphatic carbocycles. The minimum absolute atomic E-state index is 0.119. The van der Waals surface area contributed by atoms with Crippen LogP contribution in [0, 0.1) is 5.41 Å². The lowest BCUT2D eigenvalue weighted by atomic mass is 9.85. The topological polar surface area (TPSA) is 62.3 Å². The molecule has 2 aliphatic heterocycles. The summed E-state index contributed by atoms with van der Waals surface area (Å²) in [4.78, 5) is 30.2. The Hall–Kier alpha value is -1.95. The number of fused-ring (bicyclic) bond motifs is 1. The Bertz CT molecular complexity index is 693. The molecule has 0 radical (unpaired) electrons. The van der Waals surface area contributed by atoms with Gasteiger partial charge in [-0.05, 0) is 18.6 Å². The minimum atomic E-state index is -0.533. The molecule has 1 aromatic heterocycles. The number of hydrogen-bond acceptors (Lipinski definition) is 5. The molecule has 2 aromatic rings. The average molecular weight is 287 g/mol. The van der Waals surface area contributed by atoms with E-state index in [0.717, 1.165) is 28.3 Å². The van der Waals surface area contributed by atoms with Crippen molar-refractivity contribution in [1.82, 2.24) is 10.3 Å². The molecule has 2 fully saturated rings. The quantitative estimate of drug-likeness (QED) is 0.808. The molecule has 102 valence electrons. The highest BCUT2D eigenvalue weighted by atomic mass is 32.1. The normalized spacial score (nSPS) is 25.9. The third kappa shape index (κ3) is 1.64. The Morgan fingerprint density at radius 2 is 2.15 bits per heavy atom. The van der Waals surface area contributed by atoms with Gasteiger partial charge in [-0.2, -0.15) is 0 Å². The maximum Gasteiger partial charge on any atom is 0.235 e. The maximum absolute atomic E-state index is 12.0. The lowest BCUT2D eigenvalue weighted by molar-refractivity contribution is -0.127. The standard InChI is InChI=1S/C14H13N3O2S/c18-11-7-14(12(19)16-11)5-6-17(8-14)13-15-9-3-1-2-4-10(9)20-13/h1-4H,5-8H2,(H,16,18,19). The fourth-order valence-corrected chi connectivity index (χ4v) is 4.04. The van der Waals surface area contributed by atoms with Crippen molar-refractivity contribution in [1.29, 1.82) is 0 Å². The number of rotatable bonds is 1. The SMILES string of the molecule is O=C1CC2(CCN(c3nc4ccccc4s3)C2)C(=O)N1. The third-order valence-corrected chi connectivity index (χ3v) is 5.24. The molecule has 0 bridgehead atoms. The number of thiazole rings is 1. The molecule has 1 atom stereocenters. The molecule has 5 nitrogen and oxygen atoms in total. The first-order valence-electron chi connectivity index (χ1n) is 6.61. The Morgan fingerprint density at radius 1 is 1.30 bits per heavy atom. The number of benzene rings is 1. The van der Waals surface area contributed by atoms with E-state index in [-0.39, 0.29) is 11.8 Å². The number of para-hydroxylation sites is 1. The smallest absolute Gasteiger partial charge is 0.235 e. The second-order valence-electron chi connectivity index (χ2n) is 5.47. The van der Waals surface area contributed by atoms with Gasteiger partial charge in [-0.25, -0.2) is 4.98 Å². The van der Waals surface area contributed by atoms with Crippen molar-refractivity contribution in [3.63, 3.8) is 0 Å². The molecule has 20 heavy (non-hydrogen) atoms. The maximum atomic E-state index is 12.0. The highest BCUT2D eigenvalue weighted by molar-refractivity contribution is 7.22. The van der Waals surface area contributed by atoms with Gasteiger partial charge in [-0.1, -0.05) is 23.5 Å². The largest absolute Gasteiger partial charge is 0.347 e. The van der Waals surface area contributed by atoms with Crippen LogP contribution < -0.4 is 10.2 Å². The zero-order valence-corrected chi connectivity index (χ0v) is 11.6. The zero-order valence-electron chi connectivity index (χ0n) is 10.8. The van der Waals surface area contributed by atoms with Crippen LogP contribution in [-0.2, 0) is 9.59 Å². The Labute approximate surface area is 119 Å². The van der Waals surface area contributed by atoms with E-state index in [0.29, 0.717) is 13.0 Å². The number of hydrogen-bond donors (Lipinski definition) is 1. The Kier molecular flexibility index (Phi) is 2.38. The van der Waals surface area contributed by atoms with Gasteiger partial charge in [-0.3, -0.25) is 14.9 Å². The number of carbonyl (C=O) groups is 2. The highest BCUT2D eigenvalue weighted by Crippen LogP contribution is 2.41. The average Bonchev–Trinajstić information content (AvgIpc) is 3.08. The van der Waals surface area contributed by atoms with Crippen molar-refractivity contribution >= 4 is 38.5 Å². The fourth-order valence-electron chi connectivity index (χ4n) is 3.05. The summed E-state index contributed by atoms with van der Waals surface area (Å²) >= 11 is 1.64. The monoisotopic (exact) mass is 287 g/mol. The first kappa shape index (κ1) is 11.8. The van der Waals surface area contributed by atoms with Gasteiger partial charge < -0.3 is 4.90 Å². The van der Waals surface area contributed by atoms with Gasteiger partial charge in [0.2, 0.25) is 11.8 Å². The van der Waals surface area contributed by atoms with Crippen LogP contribution in [0.4, 0.5) is 5.13 Å². The number of aromatic nitrogens is 1. The molecular weight excluding hydrogens is 274 g/mol. The van der Waals surface area contributed by atoms with E-state index in [2.05, 4.69) is 15.2 Å². The number of carbonyl (C=O) groups excluding carboxylic acids is 2. The Morgan fingerprint density at radius 3 is 2.90 bits per heavy atom. The summed E-state index contributed by atoms with van der Waals surface area (Å²) in [6, 6.07) is 8.01. The second kappa shape index (κ2) is 4.02. The number of nitrogens with zero attached hydrogens (tertiary/aromatic N) is 2. The van der Waals surface area contributed by atoms with E-state index in [1.807, 2.05) is 24.3 Å². The second-order valence-corrected chi connectivity index (χ2v) is 6.48. The van der Waals surface area contributed by atoms with Crippen molar-refractivity contribution in [3.8, 4) is 0 Å². The van der Waals surface area contributed by atoms with Gasteiger partial charge >= 0.3 is 0 Å². The number of amides is 2. The van der Waals surface area contributed by atoms with E-state index >= 15 is 0 Å². The summed E-state index contributed by atoms with van der Waals surface area (Å²) in [7, 11) is 0. The van der Waals surface area contributed by atoms with Crippen molar-refractivity contribution in [2.24, 2.45) is 5.41 Å². The molecule has 2 aliphatic rings. The van der Waals surface area contributed by atoms with E-state index in [4.69, 9.17) is 0 Å². The minimum Gasteiger partial charge on any atom is -0.347 e.